The first-order chi connectivity index (χ1) is 10.1. The Morgan fingerprint density at radius 3 is 2.29 bits per heavy atom. The zero-order chi connectivity index (χ0) is 15.1. The summed E-state index contributed by atoms with van der Waals surface area (Å²) in [5.74, 6) is 0.872. The topological polar surface area (TPSA) is 58.4 Å². The van der Waals surface area contributed by atoms with Crippen LogP contribution in [0.25, 0.3) is 0 Å². The maximum Gasteiger partial charge on any atom is 0.220 e. The van der Waals surface area contributed by atoms with E-state index in [9.17, 15) is 4.79 Å². The van der Waals surface area contributed by atoms with Gasteiger partial charge in [-0.25, -0.2) is 0 Å². The third-order valence-electron chi connectivity index (χ3n) is 4.78. The maximum absolute atomic E-state index is 12.2. The summed E-state index contributed by atoms with van der Waals surface area (Å²) in [6, 6.07) is 0.339. The molecule has 2 aliphatic rings. The molecular weight excluding hydrogens is 282 g/mol. The number of hydrogen-bond acceptors (Lipinski definition) is 3. The molecule has 0 aromatic rings. The summed E-state index contributed by atoms with van der Waals surface area (Å²) in [6.45, 7) is 2.66. The molecule has 1 aliphatic carbocycles. The van der Waals surface area contributed by atoms with E-state index in [1.165, 1.54) is 38.5 Å². The van der Waals surface area contributed by atoms with Crippen LogP contribution in [0.4, 0.5) is 0 Å². The van der Waals surface area contributed by atoms with Crippen LogP contribution in [0.15, 0.2) is 0 Å². The second-order valence-corrected chi connectivity index (χ2v) is 7.17. The molecule has 1 saturated heterocycles. The van der Waals surface area contributed by atoms with Gasteiger partial charge in [0.05, 0.1) is 4.99 Å². The van der Waals surface area contributed by atoms with Gasteiger partial charge in [0.25, 0.3) is 0 Å². The number of hydrogen-bond donors (Lipinski definition) is 2. The van der Waals surface area contributed by atoms with Gasteiger partial charge in [0.2, 0.25) is 5.91 Å². The Hall–Kier alpha value is -0.680. The number of nitrogens with two attached hydrogens (primary N) is 1. The summed E-state index contributed by atoms with van der Waals surface area (Å²) >= 11 is 4.94. The smallest absolute Gasteiger partial charge is 0.220 e. The van der Waals surface area contributed by atoms with E-state index in [2.05, 4.69) is 10.2 Å². The van der Waals surface area contributed by atoms with Gasteiger partial charge in [-0.05, 0) is 31.6 Å². The number of carbonyl (C=O) groups is 1. The van der Waals surface area contributed by atoms with Crippen LogP contribution >= 0.6 is 12.2 Å². The molecule has 0 radical (unpaired) electrons. The molecule has 1 heterocycles. The molecule has 1 aliphatic heterocycles. The van der Waals surface area contributed by atoms with E-state index in [0.29, 0.717) is 23.5 Å². The summed E-state index contributed by atoms with van der Waals surface area (Å²) in [7, 11) is 0. The molecule has 0 unspecified atom stereocenters. The van der Waals surface area contributed by atoms with Crippen molar-refractivity contribution in [3.8, 4) is 0 Å². The highest BCUT2D eigenvalue weighted by atomic mass is 32.1. The van der Waals surface area contributed by atoms with Gasteiger partial charge in [0.1, 0.15) is 0 Å². The number of likely N-dealkylation sites (tertiary alicyclic amines) is 1. The quantitative estimate of drug-likeness (QED) is 0.604. The second kappa shape index (κ2) is 8.69. The van der Waals surface area contributed by atoms with Crippen LogP contribution in [0.3, 0.4) is 0 Å². The molecule has 2 rings (SSSR count). The van der Waals surface area contributed by atoms with E-state index in [-0.39, 0.29) is 5.91 Å². The minimum absolute atomic E-state index is 0.259. The van der Waals surface area contributed by atoms with Crippen molar-refractivity contribution in [2.45, 2.75) is 63.8 Å². The van der Waals surface area contributed by atoms with Crippen molar-refractivity contribution in [1.29, 1.82) is 0 Å². The van der Waals surface area contributed by atoms with Gasteiger partial charge in [-0.15, -0.1) is 0 Å². The molecule has 3 N–H and O–H groups in total. The molecule has 21 heavy (non-hydrogen) atoms. The first kappa shape index (κ1) is 16.7. The van der Waals surface area contributed by atoms with E-state index in [0.717, 1.165) is 32.4 Å². The molecule has 1 amide bonds. The fraction of sp³-hybridized carbons (Fsp3) is 0.875. The third kappa shape index (κ3) is 6.30. The Labute approximate surface area is 133 Å². The summed E-state index contributed by atoms with van der Waals surface area (Å²) in [5, 5.41) is 3.23. The Kier molecular flexibility index (Phi) is 6.90. The first-order valence-corrected chi connectivity index (χ1v) is 8.84. The number of nitrogens with zero attached hydrogens (tertiary/aromatic N) is 1. The van der Waals surface area contributed by atoms with Crippen LogP contribution in [-0.4, -0.2) is 41.5 Å². The molecule has 120 valence electrons. The van der Waals surface area contributed by atoms with Crippen LogP contribution in [0, 0.1) is 5.92 Å². The molecule has 1 saturated carbocycles. The van der Waals surface area contributed by atoms with Crippen LogP contribution in [0.2, 0.25) is 0 Å². The fourth-order valence-electron chi connectivity index (χ4n) is 3.57. The number of nitrogens with one attached hydrogen (secondary N) is 1. The molecule has 0 atom stereocenters. The van der Waals surface area contributed by atoms with Gasteiger partial charge in [-0.3, -0.25) is 9.69 Å². The second-order valence-electron chi connectivity index (χ2n) is 6.65. The summed E-state index contributed by atoms with van der Waals surface area (Å²) in [6.07, 6.45) is 10.5. The number of piperidine rings is 1. The Bertz CT molecular complexity index is 345. The van der Waals surface area contributed by atoms with Crippen molar-refractivity contribution in [2.75, 3.05) is 19.6 Å². The van der Waals surface area contributed by atoms with E-state index < -0.39 is 0 Å². The summed E-state index contributed by atoms with van der Waals surface area (Å²) in [4.78, 5) is 15.0. The average Bonchev–Trinajstić information content (AvgIpc) is 2.69. The van der Waals surface area contributed by atoms with Crippen molar-refractivity contribution in [2.24, 2.45) is 11.7 Å². The van der Waals surface area contributed by atoms with E-state index >= 15 is 0 Å². The predicted octanol–water partition coefficient (Wildman–Crippen LogP) is 2.21. The molecule has 0 bridgehead atoms. The monoisotopic (exact) mass is 311 g/mol. The van der Waals surface area contributed by atoms with Gasteiger partial charge in [-0.1, -0.05) is 37.9 Å². The maximum atomic E-state index is 12.2. The number of thiocarbonyl (C=S) groups is 1. The van der Waals surface area contributed by atoms with Gasteiger partial charge in [0, 0.05) is 32.1 Å². The lowest BCUT2D eigenvalue weighted by Gasteiger charge is -2.32. The predicted molar refractivity (Wildman–Crippen MR) is 90.2 cm³/mol. The van der Waals surface area contributed by atoms with Crippen molar-refractivity contribution in [3.63, 3.8) is 0 Å². The van der Waals surface area contributed by atoms with Crippen LogP contribution in [-0.2, 0) is 4.79 Å². The number of rotatable bonds is 5. The molecular formula is C16H29N3OS. The molecule has 4 nitrogen and oxygen atoms in total. The standard InChI is InChI=1S/C16H29N3OS/c17-15(21)12-19-9-7-14(8-10-19)18-16(20)11-13-5-3-1-2-4-6-13/h13-14H,1-12H2,(H2,17,21)(H,18,20). The van der Waals surface area contributed by atoms with Crippen LogP contribution in [0.5, 0.6) is 0 Å². The van der Waals surface area contributed by atoms with Crippen LogP contribution < -0.4 is 11.1 Å². The van der Waals surface area contributed by atoms with Gasteiger partial charge in [-0.2, -0.15) is 0 Å². The highest BCUT2D eigenvalue weighted by Crippen LogP contribution is 2.25. The lowest BCUT2D eigenvalue weighted by atomic mass is 9.95. The van der Waals surface area contributed by atoms with E-state index in [1.807, 2.05) is 0 Å². The minimum Gasteiger partial charge on any atom is -0.392 e. The summed E-state index contributed by atoms with van der Waals surface area (Å²) < 4.78 is 0. The summed E-state index contributed by atoms with van der Waals surface area (Å²) in [5.41, 5.74) is 5.58. The Morgan fingerprint density at radius 1 is 1.10 bits per heavy atom. The molecule has 0 aromatic carbocycles. The van der Waals surface area contributed by atoms with Crippen molar-refractivity contribution in [1.82, 2.24) is 10.2 Å². The van der Waals surface area contributed by atoms with Crippen molar-refractivity contribution >= 4 is 23.1 Å². The van der Waals surface area contributed by atoms with Crippen LogP contribution in [0.1, 0.15) is 57.8 Å². The van der Waals surface area contributed by atoms with E-state index in [4.69, 9.17) is 18.0 Å². The number of carbonyl (C=O) groups excluding carboxylic acids is 1. The Morgan fingerprint density at radius 2 is 1.71 bits per heavy atom. The Balaban J connectivity index is 1.65. The lowest BCUT2D eigenvalue weighted by Crippen LogP contribution is -2.46. The normalized spacial score (nSPS) is 22.7. The molecule has 5 heteroatoms. The minimum atomic E-state index is 0.259. The number of amides is 1. The average molecular weight is 311 g/mol. The van der Waals surface area contributed by atoms with Gasteiger partial charge < -0.3 is 11.1 Å². The van der Waals surface area contributed by atoms with Crippen molar-refractivity contribution < 1.29 is 4.79 Å². The zero-order valence-electron chi connectivity index (χ0n) is 13.0. The highest BCUT2D eigenvalue weighted by molar-refractivity contribution is 7.80. The fourth-order valence-corrected chi connectivity index (χ4v) is 3.76. The molecule has 0 aromatic heterocycles. The highest BCUT2D eigenvalue weighted by Gasteiger charge is 2.22. The zero-order valence-corrected chi connectivity index (χ0v) is 13.8. The largest absolute Gasteiger partial charge is 0.392 e. The molecule has 2 fully saturated rings. The van der Waals surface area contributed by atoms with Gasteiger partial charge >= 0.3 is 0 Å². The first-order valence-electron chi connectivity index (χ1n) is 8.43. The lowest BCUT2D eigenvalue weighted by molar-refractivity contribution is -0.123. The van der Waals surface area contributed by atoms with Gasteiger partial charge in [0.15, 0.2) is 0 Å². The third-order valence-corrected chi connectivity index (χ3v) is 4.91. The van der Waals surface area contributed by atoms with Crippen molar-refractivity contribution in [3.05, 3.63) is 0 Å². The molecule has 0 spiro atoms. The van der Waals surface area contributed by atoms with E-state index in [1.54, 1.807) is 0 Å². The SMILES string of the molecule is NC(=S)CN1CCC(NC(=O)CC2CCCCCC2)CC1.